The van der Waals surface area contributed by atoms with Crippen molar-refractivity contribution in [1.82, 2.24) is 14.9 Å². The molecule has 1 aromatic heterocycles. The van der Waals surface area contributed by atoms with Gasteiger partial charge in [-0.05, 0) is 42.2 Å². The van der Waals surface area contributed by atoms with Crippen molar-refractivity contribution in [3.63, 3.8) is 0 Å². The minimum absolute atomic E-state index is 0.684. The lowest BCUT2D eigenvalue weighted by atomic mass is 10.0. The molecular weight excluding hydrogens is 282 g/mol. The van der Waals surface area contributed by atoms with Gasteiger partial charge in [0.2, 0.25) is 0 Å². The molecule has 0 spiro atoms. The van der Waals surface area contributed by atoms with Gasteiger partial charge < -0.3 is 0 Å². The van der Waals surface area contributed by atoms with Gasteiger partial charge in [0.05, 0.1) is 5.69 Å². The van der Waals surface area contributed by atoms with Crippen LogP contribution in [0.15, 0.2) is 30.5 Å². The van der Waals surface area contributed by atoms with Gasteiger partial charge in [0.15, 0.2) is 5.82 Å². The highest BCUT2D eigenvalue weighted by molar-refractivity contribution is 6.30. The fourth-order valence-corrected chi connectivity index (χ4v) is 2.89. The van der Waals surface area contributed by atoms with Crippen LogP contribution in [0.1, 0.15) is 25.1 Å². The number of rotatable bonds is 3. The molecule has 0 radical (unpaired) electrons. The average Bonchev–Trinajstić information content (AvgIpc) is 2.46. The number of hydrogen-bond acceptors (Lipinski definition) is 3. The van der Waals surface area contributed by atoms with Gasteiger partial charge in [-0.25, -0.2) is 9.97 Å². The Balaban J connectivity index is 1.85. The highest BCUT2D eigenvalue weighted by Crippen LogP contribution is 2.22. The quantitative estimate of drug-likeness (QED) is 0.863. The third kappa shape index (κ3) is 3.42. The van der Waals surface area contributed by atoms with E-state index in [0.29, 0.717) is 5.92 Å². The molecule has 0 aliphatic carbocycles. The van der Waals surface area contributed by atoms with E-state index in [2.05, 4.69) is 23.7 Å². The summed E-state index contributed by atoms with van der Waals surface area (Å²) < 4.78 is 0. The van der Waals surface area contributed by atoms with E-state index in [1.807, 2.05) is 30.5 Å². The molecule has 0 saturated carbocycles. The first kappa shape index (κ1) is 14.5. The zero-order valence-electron chi connectivity index (χ0n) is 12.5. The molecule has 0 fully saturated rings. The maximum absolute atomic E-state index is 5.93. The first-order valence-corrected chi connectivity index (χ1v) is 7.82. The lowest BCUT2D eigenvalue weighted by molar-refractivity contribution is 0.223. The van der Waals surface area contributed by atoms with E-state index >= 15 is 0 Å². The van der Waals surface area contributed by atoms with E-state index in [1.54, 1.807) is 0 Å². The van der Waals surface area contributed by atoms with Crippen molar-refractivity contribution in [2.45, 2.75) is 26.8 Å². The zero-order valence-corrected chi connectivity index (χ0v) is 13.3. The number of nitrogens with zero attached hydrogens (tertiary/aromatic N) is 3. The molecule has 1 aliphatic heterocycles. The van der Waals surface area contributed by atoms with Crippen LogP contribution in [0.5, 0.6) is 0 Å². The van der Waals surface area contributed by atoms with Crippen LogP contribution in [0.3, 0.4) is 0 Å². The van der Waals surface area contributed by atoms with Gasteiger partial charge in [-0.3, -0.25) is 4.90 Å². The summed E-state index contributed by atoms with van der Waals surface area (Å²) in [5, 5.41) is 0.736. The Labute approximate surface area is 131 Å². The molecule has 3 nitrogen and oxygen atoms in total. The number of halogens is 1. The standard InChI is InChI=1S/C17H20ClN3/c1-12(2)10-21-8-7-14-9-19-17(20-16(14)11-21)13-3-5-15(18)6-4-13/h3-6,9,12H,7-8,10-11H2,1-2H3. The zero-order chi connectivity index (χ0) is 14.8. The van der Waals surface area contributed by atoms with Crippen LogP contribution in [-0.2, 0) is 13.0 Å². The van der Waals surface area contributed by atoms with Gasteiger partial charge in [-0.2, -0.15) is 0 Å². The maximum Gasteiger partial charge on any atom is 0.159 e. The summed E-state index contributed by atoms with van der Waals surface area (Å²) in [7, 11) is 0. The summed E-state index contributed by atoms with van der Waals surface area (Å²) in [6, 6.07) is 7.70. The Morgan fingerprint density at radius 3 is 2.71 bits per heavy atom. The van der Waals surface area contributed by atoms with Crippen molar-refractivity contribution < 1.29 is 0 Å². The lowest BCUT2D eigenvalue weighted by Crippen LogP contribution is -2.34. The topological polar surface area (TPSA) is 29.0 Å². The Kier molecular flexibility index (Phi) is 4.22. The minimum Gasteiger partial charge on any atom is -0.297 e. The first-order chi connectivity index (χ1) is 10.1. The predicted molar refractivity (Wildman–Crippen MR) is 86.3 cm³/mol. The molecule has 21 heavy (non-hydrogen) atoms. The molecule has 1 aromatic carbocycles. The summed E-state index contributed by atoms with van der Waals surface area (Å²) in [6.07, 6.45) is 3.03. The summed E-state index contributed by atoms with van der Waals surface area (Å²) >= 11 is 5.93. The predicted octanol–water partition coefficient (Wildman–Crippen LogP) is 3.81. The second-order valence-corrected chi connectivity index (χ2v) is 6.49. The van der Waals surface area contributed by atoms with Crippen molar-refractivity contribution in [3.05, 3.63) is 46.7 Å². The molecule has 0 atom stereocenters. The molecule has 0 unspecified atom stereocenters. The summed E-state index contributed by atoms with van der Waals surface area (Å²) in [5.41, 5.74) is 3.47. The third-order valence-electron chi connectivity index (χ3n) is 3.75. The van der Waals surface area contributed by atoms with E-state index < -0.39 is 0 Å². The third-order valence-corrected chi connectivity index (χ3v) is 4.00. The monoisotopic (exact) mass is 301 g/mol. The van der Waals surface area contributed by atoms with Gasteiger partial charge in [0.1, 0.15) is 0 Å². The highest BCUT2D eigenvalue weighted by atomic mass is 35.5. The lowest BCUT2D eigenvalue weighted by Gasteiger charge is -2.29. The molecule has 0 N–H and O–H groups in total. The van der Waals surface area contributed by atoms with E-state index in [0.717, 1.165) is 42.5 Å². The normalized spacial score (nSPS) is 15.2. The van der Waals surface area contributed by atoms with Gasteiger partial charge in [-0.15, -0.1) is 0 Å². The first-order valence-electron chi connectivity index (χ1n) is 7.45. The fraction of sp³-hybridized carbons (Fsp3) is 0.412. The second-order valence-electron chi connectivity index (χ2n) is 6.05. The number of fused-ring (bicyclic) bond motifs is 1. The Bertz CT molecular complexity index is 622. The second kappa shape index (κ2) is 6.12. The molecule has 0 bridgehead atoms. The maximum atomic E-state index is 5.93. The van der Waals surface area contributed by atoms with Crippen LogP contribution in [-0.4, -0.2) is 28.0 Å². The van der Waals surface area contributed by atoms with Crippen LogP contribution < -0.4 is 0 Å². The van der Waals surface area contributed by atoms with Crippen LogP contribution in [0.2, 0.25) is 5.02 Å². The molecule has 2 heterocycles. The molecule has 3 rings (SSSR count). The fourth-order valence-electron chi connectivity index (χ4n) is 2.77. The molecule has 1 aliphatic rings. The van der Waals surface area contributed by atoms with E-state index in [-0.39, 0.29) is 0 Å². The van der Waals surface area contributed by atoms with Gasteiger partial charge in [0, 0.05) is 36.4 Å². The van der Waals surface area contributed by atoms with Gasteiger partial charge >= 0.3 is 0 Å². The number of aromatic nitrogens is 2. The van der Waals surface area contributed by atoms with Crippen molar-refractivity contribution in [1.29, 1.82) is 0 Å². The highest BCUT2D eigenvalue weighted by Gasteiger charge is 2.19. The molecule has 0 amide bonds. The van der Waals surface area contributed by atoms with Gasteiger partial charge in [-0.1, -0.05) is 25.4 Å². The molecular formula is C17H20ClN3. The van der Waals surface area contributed by atoms with Crippen molar-refractivity contribution in [2.75, 3.05) is 13.1 Å². The number of hydrogen-bond donors (Lipinski definition) is 0. The average molecular weight is 302 g/mol. The Morgan fingerprint density at radius 1 is 1.24 bits per heavy atom. The van der Waals surface area contributed by atoms with Crippen LogP contribution in [0.25, 0.3) is 11.4 Å². The van der Waals surface area contributed by atoms with Crippen molar-refractivity contribution >= 4 is 11.6 Å². The van der Waals surface area contributed by atoms with Crippen LogP contribution in [0, 0.1) is 5.92 Å². The SMILES string of the molecule is CC(C)CN1CCc2cnc(-c3ccc(Cl)cc3)nc2C1. The Morgan fingerprint density at radius 2 is 2.00 bits per heavy atom. The minimum atomic E-state index is 0.684. The molecule has 4 heteroatoms. The van der Waals surface area contributed by atoms with E-state index in [9.17, 15) is 0 Å². The smallest absolute Gasteiger partial charge is 0.159 e. The Hall–Kier alpha value is -1.45. The van der Waals surface area contributed by atoms with Gasteiger partial charge in [0.25, 0.3) is 0 Å². The summed E-state index contributed by atoms with van der Waals surface area (Å²) in [5.74, 6) is 1.47. The molecule has 2 aromatic rings. The molecule has 110 valence electrons. The van der Waals surface area contributed by atoms with Crippen molar-refractivity contribution in [2.24, 2.45) is 5.92 Å². The van der Waals surface area contributed by atoms with Crippen molar-refractivity contribution in [3.8, 4) is 11.4 Å². The van der Waals surface area contributed by atoms with Crippen LogP contribution >= 0.6 is 11.6 Å². The van der Waals surface area contributed by atoms with Crippen LogP contribution in [0.4, 0.5) is 0 Å². The summed E-state index contributed by atoms with van der Waals surface area (Å²) in [4.78, 5) is 11.8. The molecule has 0 saturated heterocycles. The van der Waals surface area contributed by atoms with E-state index in [1.165, 1.54) is 11.3 Å². The largest absolute Gasteiger partial charge is 0.297 e. The summed E-state index contributed by atoms with van der Waals surface area (Å²) in [6.45, 7) is 7.68. The number of benzene rings is 1. The van der Waals surface area contributed by atoms with E-state index in [4.69, 9.17) is 16.6 Å².